The van der Waals surface area contributed by atoms with Crippen LogP contribution in [0.3, 0.4) is 0 Å². The van der Waals surface area contributed by atoms with Gasteiger partial charge in [-0.3, -0.25) is 4.79 Å². The Morgan fingerprint density at radius 3 is 2.19 bits per heavy atom. The summed E-state index contributed by atoms with van der Waals surface area (Å²) in [6.07, 6.45) is 9.06. The first-order chi connectivity index (χ1) is 13.2. The van der Waals surface area contributed by atoms with Crippen LogP contribution in [0.15, 0.2) is 36.7 Å². The van der Waals surface area contributed by atoms with Crippen molar-refractivity contribution in [3.05, 3.63) is 42.2 Å². The fourth-order valence-electron chi connectivity index (χ4n) is 4.61. The lowest BCUT2D eigenvalue weighted by molar-refractivity contribution is -0.119. The van der Waals surface area contributed by atoms with E-state index in [-0.39, 0.29) is 0 Å². The summed E-state index contributed by atoms with van der Waals surface area (Å²) in [4.78, 5) is 26.2. The molecule has 3 aliphatic rings. The van der Waals surface area contributed by atoms with Crippen molar-refractivity contribution in [2.45, 2.75) is 44.2 Å². The molecule has 5 heteroatoms. The highest BCUT2D eigenvalue weighted by Gasteiger charge is 2.40. The molecule has 2 saturated heterocycles. The largest absolute Gasteiger partial charge is 0.332 e. The van der Waals surface area contributed by atoms with E-state index in [1.165, 1.54) is 12.8 Å². The van der Waals surface area contributed by atoms with Crippen LogP contribution >= 0.6 is 0 Å². The van der Waals surface area contributed by atoms with Gasteiger partial charge in [0.2, 0.25) is 5.95 Å². The number of fused-ring (bicyclic) bond motifs is 2. The first-order valence-corrected chi connectivity index (χ1v) is 10.1. The molecule has 2 atom stereocenters. The Balaban J connectivity index is 1.29. The van der Waals surface area contributed by atoms with Crippen LogP contribution in [0.5, 0.6) is 0 Å². The monoisotopic (exact) mass is 362 g/mol. The normalized spacial score (nSPS) is 25.0. The lowest BCUT2D eigenvalue weighted by atomic mass is 10.0. The van der Waals surface area contributed by atoms with Crippen LogP contribution in [0.4, 0.5) is 5.95 Å². The van der Waals surface area contributed by atoms with E-state index in [9.17, 15) is 4.79 Å². The molecule has 1 aromatic carbocycles. The van der Waals surface area contributed by atoms with Crippen LogP contribution in [-0.4, -0.2) is 52.9 Å². The second kappa shape index (κ2) is 6.71. The molecule has 1 saturated carbocycles. The Morgan fingerprint density at radius 1 is 0.963 bits per heavy atom. The third-order valence-corrected chi connectivity index (χ3v) is 6.23. The predicted octanol–water partition coefficient (Wildman–Crippen LogP) is 2.95. The molecular formula is C22H26N4O. The predicted molar refractivity (Wildman–Crippen MR) is 106 cm³/mol. The van der Waals surface area contributed by atoms with Crippen molar-refractivity contribution >= 4 is 11.7 Å². The smallest absolute Gasteiger partial charge is 0.225 e. The van der Waals surface area contributed by atoms with Crippen molar-refractivity contribution in [3.63, 3.8) is 0 Å². The van der Waals surface area contributed by atoms with Crippen molar-refractivity contribution in [1.29, 1.82) is 0 Å². The number of Topliss-reactive ketones (excluding diaryl/α,β-unsaturated/α-hetero) is 1. The SMILES string of the molecule is CN1CC2CCC(C1)N2c1ncc(-c2ccc(CC(=O)C3CC3)cc2)cn1. The van der Waals surface area contributed by atoms with Gasteiger partial charge < -0.3 is 9.80 Å². The fraction of sp³-hybridized carbons (Fsp3) is 0.500. The first-order valence-electron chi connectivity index (χ1n) is 10.1. The standard InChI is InChI=1S/C22H26N4O/c1-25-13-19-8-9-20(14-25)26(19)22-23-11-18(12-24-22)16-4-2-15(3-5-16)10-21(27)17-6-7-17/h2-5,11-12,17,19-20H,6-10,13-14H2,1H3. The van der Waals surface area contributed by atoms with Gasteiger partial charge in [-0.1, -0.05) is 24.3 Å². The minimum atomic E-state index is 0.329. The molecule has 0 amide bonds. The van der Waals surface area contributed by atoms with Crippen LogP contribution in [0.1, 0.15) is 31.2 Å². The second-order valence-corrected chi connectivity index (χ2v) is 8.40. The number of nitrogens with zero attached hydrogens (tertiary/aromatic N) is 4. The summed E-state index contributed by atoms with van der Waals surface area (Å²) >= 11 is 0. The van der Waals surface area contributed by atoms with E-state index < -0.39 is 0 Å². The summed E-state index contributed by atoms with van der Waals surface area (Å²) in [5.74, 6) is 1.58. The van der Waals surface area contributed by atoms with Gasteiger partial charge in [0.15, 0.2) is 0 Å². The van der Waals surface area contributed by atoms with E-state index >= 15 is 0 Å². The number of piperazine rings is 1. The molecule has 5 nitrogen and oxygen atoms in total. The molecule has 0 spiro atoms. The van der Waals surface area contributed by atoms with Crippen molar-refractivity contribution in [2.75, 3.05) is 25.0 Å². The quantitative estimate of drug-likeness (QED) is 0.818. The zero-order chi connectivity index (χ0) is 18.4. The van der Waals surface area contributed by atoms with Crippen molar-refractivity contribution in [3.8, 4) is 11.1 Å². The number of aromatic nitrogens is 2. The molecule has 1 aromatic heterocycles. The van der Waals surface area contributed by atoms with Gasteiger partial charge in [-0.2, -0.15) is 0 Å². The molecule has 2 bridgehead atoms. The van der Waals surface area contributed by atoms with Gasteiger partial charge in [0, 0.05) is 55.5 Å². The van der Waals surface area contributed by atoms with Crippen molar-refractivity contribution < 1.29 is 4.79 Å². The summed E-state index contributed by atoms with van der Waals surface area (Å²) < 4.78 is 0. The van der Waals surface area contributed by atoms with E-state index in [4.69, 9.17) is 0 Å². The van der Waals surface area contributed by atoms with Crippen molar-refractivity contribution in [2.24, 2.45) is 5.92 Å². The number of hydrogen-bond donors (Lipinski definition) is 0. The number of rotatable bonds is 5. The number of hydrogen-bond acceptors (Lipinski definition) is 5. The summed E-state index contributed by atoms with van der Waals surface area (Å²) in [7, 11) is 2.20. The van der Waals surface area contributed by atoms with E-state index in [2.05, 4.69) is 51.1 Å². The topological polar surface area (TPSA) is 49.3 Å². The van der Waals surface area contributed by atoms with E-state index in [0.717, 1.165) is 48.6 Å². The number of likely N-dealkylation sites (tertiary alicyclic amines) is 1. The molecule has 2 aromatic rings. The van der Waals surface area contributed by atoms with Gasteiger partial charge >= 0.3 is 0 Å². The van der Waals surface area contributed by atoms with Crippen LogP contribution in [0.2, 0.25) is 0 Å². The zero-order valence-electron chi connectivity index (χ0n) is 15.8. The van der Waals surface area contributed by atoms with E-state index in [0.29, 0.717) is 30.2 Å². The zero-order valence-corrected chi connectivity index (χ0v) is 15.8. The van der Waals surface area contributed by atoms with Crippen molar-refractivity contribution in [1.82, 2.24) is 14.9 Å². The summed E-state index contributed by atoms with van der Waals surface area (Å²) in [5.41, 5.74) is 3.23. The highest BCUT2D eigenvalue weighted by molar-refractivity contribution is 5.85. The number of ketones is 1. The molecule has 2 aliphatic heterocycles. The highest BCUT2D eigenvalue weighted by Crippen LogP contribution is 2.33. The van der Waals surface area contributed by atoms with Gasteiger partial charge in [0.05, 0.1) is 0 Å². The molecule has 3 fully saturated rings. The number of carbonyl (C=O) groups is 1. The Kier molecular flexibility index (Phi) is 4.20. The van der Waals surface area contributed by atoms with Gasteiger partial charge in [-0.05, 0) is 43.9 Å². The number of benzene rings is 1. The minimum Gasteiger partial charge on any atom is -0.332 e. The molecule has 3 heterocycles. The van der Waals surface area contributed by atoms with Gasteiger partial charge in [0.25, 0.3) is 0 Å². The molecule has 140 valence electrons. The molecule has 1 aliphatic carbocycles. The summed E-state index contributed by atoms with van der Waals surface area (Å²) in [6.45, 7) is 2.20. The maximum absolute atomic E-state index is 12.0. The van der Waals surface area contributed by atoms with Crippen LogP contribution < -0.4 is 4.90 Å². The first kappa shape index (κ1) is 16.9. The van der Waals surface area contributed by atoms with Crippen LogP contribution in [0, 0.1) is 5.92 Å². The maximum atomic E-state index is 12.0. The number of carbonyl (C=O) groups excluding carboxylic acids is 1. The Hall–Kier alpha value is -2.27. The highest BCUT2D eigenvalue weighted by atomic mass is 16.1. The molecule has 0 N–H and O–H groups in total. The number of anilines is 1. The van der Waals surface area contributed by atoms with Gasteiger partial charge in [0.1, 0.15) is 5.78 Å². The van der Waals surface area contributed by atoms with E-state index in [1.807, 2.05) is 12.4 Å². The molecular weight excluding hydrogens is 336 g/mol. The number of likely N-dealkylation sites (N-methyl/N-ethyl adjacent to an activating group) is 1. The third kappa shape index (κ3) is 3.36. The average Bonchev–Trinajstić information content (AvgIpc) is 3.48. The van der Waals surface area contributed by atoms with Gasteiger partial charge in [-0.15, -0.1) is 0 Å². The maximum Gasteiger partial charge on any atom is 0.225 e. The Morgan fingerprint density at radius 2 is 1.59 bits per heavy atom. The molecule has 2 unspecified atom stereocenters. The van der Waals surface area contributed by atoms with Crippen LogP contribution in [-0.2, 0) is 11.2 Å². The van der Waals surface area contributed by atoms with Gasteiger partial charge in [-0.25, -0.2) is 9.97 Å². The molecule has 27 heavy (non-hydrogen) atoms. The summed E-state index contributed by atoms with van der Waals surface area (Å²) in [6, 6.07) is 9.36. The summed E-state index contributed by atoms with van der Waals surface area (Å²) in [5, 5.41) is 0. The lowest BCUT2D eigenvalue weighted by Gasteiger charge is -2.39. The molecule has 0 radical (unpaired) electrons. The second-order valence-electron chi connectivity index (χ2n) is 8.40. The Bertz CT molecular complexity index is 814. The van der Waals surface area contributed by atoms with Crippen LogP contribution in [0.25, 0.3) is 11.1 Å². The fourth-order valence-corrected chi connectivity index (χ4v) is 4.61. The minimum absolute atomic E-state index is 0.329. The lowest BCUT2D eigenvalue weighted by Crippen LogP contribution is -2.53. The third-order valence-electron chi connectivity index (χ3n) is 6.23. The van der Waals surface area contributed by atoms with E-state index in [1.54, 1.807) is 0 Å². The Labute approximate surface area is 160 Å². The molecule has 5 rings (SSSR count). The average molecular weight is 362 g/mol.